The largest absolute Gasteiger partial charge is 0.355 e. The molecule has 154 valence electrons. The molecule has 3 aromatic carbocycles. The van der Waals surface area contributed by atoms with E-state index in [0.29, 0.717) is 12.1 Å². The lowest BCUT2D eigenvalue weighted by Crippen LogP contribution is -2.38. The van der Waals surface area contributed by atoms with Crippen LogP contribution in [0.1, 0.15) is 21.5 Å². The highest BCUT2D eigenvalue weighted by atomic mass is 16.2. The highest BCUT2D eigenvalue weighted by Gasteiger charge is 2.13. The number of likely N-dealkylation sites (N-methyl/N-ethyl adjacent to an activating group) is 1. The van der Waals surface area contributed by atoms with Crippen molar-refractivity contribution in [2.75, 3.05) is 20.6 Å². The predicted molar refractivity (Wildman–Crippen MR) is 117 cm³/mol. The fourth-order valence-electron chi connectivity index (χ4n) is 3.26. The van der Waals surface area contributed by atoms with Crippen LogP contribution in [0.3, 0.4) is 0 Å². The summed E-state index contributed by atoms with van der Waals surface area (Å²) in [5.74, 6) is -0.528. The first-order valence-corrected chi connectivity index (χ1v) is 9.76. The SMILES string of the molecule is CNC(=O)c1ccc(CN(C)C(=O)CNC(=O)Cc2cccc3ccccc23)cc1. The van der Waals surface area contributed by atoms with Gasteiger partial charge in [-0.1, -0.05) is 54.6 Å². The van der Waals surface area contributed by atoms with Crippen molar-refractivity contribution in [2.24, 2.45) is 0 Å². The lowest BCUT2D eigenvalue weighted by atomic mass is 10.0. The number of carbonyl (C=O) groups is 3. The van der Waals surface area contributed by atoms with Crippen molar-refractivity contribution in [1.82, 2.24) is 15.5 Å². The maximum Gasteiger partial charge on any atom is 0.251 e. The highest BCUT2D eigenvalue weighted by Crippen LogP contribution is 2.18. The van der Waals surface area contributed by atoms with E-state index in [-0.39, 0.29) is 30.7 Å². The number of benzene rings is 3. The molecular formula is C24H25N3O3. The first-order chi connectivity index (χ1) is 14.5. The lowest BCUT2D eigenvalue weighted by molar-refractivity contribution is -0.132. The Balaban J connectivity index is 1.52. The molecule has 0 spiro atoms. The monoisotopic (exact) mass is 403 g/mol. The second kappa shape index (κ2) is 9.69. The predicted octanol–water partition coefficient (Wildman–Crippen LogP) is 2.52. The summed E-state index contributed by atoms with van der Waals surface area (Å²) in [6.45, 7) is 0.336. The van der Waals surface area contributed by atoms with E-state index in [2.05, 4.69) is 10.6 Å². The summed E-state index contributed by atoms with van der Waals surface area (Å²) in [4.78, 5) is 37.9. The Kier molecular flexibility index (Phi) is 6.80. The van der Waals surface area contributed by atoms with E-state index in [1.165, 1.54) is 0 Å². The number of fused-ring (bicyclic) bond motifs is 1. The van der Waals surface area contributed by atoms with Crippen molar-refractivity contribution in [3.8, 4) is 0 Å². The standard InChI is InChI=1S/C24H25N3O3/c1-25-24(30)19-12-10-17(11-13-19)16-27(2)23(29)15-26-22(28)14-20-8-5-7-18-6-3-4-9-21(18)20/h3-13H,14-16H2,1-2H3,(H,25,30)(H,26,28). The fraction of sp³-hybridized carbons (Fsp3) is 0.208. The number of nitrogens with zero attached hydrogens (tertiary/aromatic N) is 1. The lowest BCUT2D eigenvalue weighted by Gasteiger charge is -2.18. The highest BCUT2D eigenvalue weighted by molar-refractivity contribution is 5.94. The Morgan fingerprint density at radius 2 is 1.60 bits per heavy atom. The van der Waals surface area contributed by atoms with E-state index in [0.717, 1.165) is 21.9 Å². The molecule has 6 heteroatoms. The number of hydrogen-bond donors (Lipinski definition) is 2. The number of amides is 3. The minimum Gasteiger partial charge on any atom is -0.355 e. The summed E-state index contributed by atoms with van der Waals surface area (Å²) in [6.07, 6.45) is 0.222. The smallest absolute Gasteiger partial charge is 0.251 e. The molecule has 30 heavy (non-hydrogen) atoms. The van der Waals surface area contributed by atoms with Crippen LogP contribution >= 0.6 is 0 Å². The zero-order valence-electron chi connectivity index (χ0n) is 17.1. The molecule has 2 N–H and O–H groups in total. The van der Waals surface area contributed by atoms with Gasteiger partial charge in [0, 0.05) is 26.2 Å². The molecule has 0 bridgehead atoms. The van der Waals surface area contributed by atoms with E-state index in [4.69, 9.17) is 0 Å². The minimum atomic E-state index is -0.192. The van der Waals surface area contributed by atoms with Crippen LogP contribution in [-0.2, 0) is 22.6 Å². The van der Waals surface area contributed by atoms with Crippen molar-refractivity contribution in [1.29, 1.82) is 0 Å². The zero-order valence-corrected chi connectivity index (χ0v) is 17.1. The summed E-state index contributed by atoms with van der Waals surface area (Å²) < 4.78 is 0. The van der Waals surface area contributed by atoms with Gasteiger partial charge in [0.1, 0.15) is 0 Å². The molecule has 0 aromatic heterocycles. The summed E-state index contributed by atoms with van der Waals surface area (Å²) in [7, 11) is 3.27. The van der Waals surface area contributed by atoms with Crippen LogP contribution in [-0.4, -0.2) is 43.3 Å². The van der Waals surface area contributed by atoms with Crippen LogP contribution < -0.4 is 10.6 Å². The van der Waals surface area contributed by atoms with Gasteiger partial charge in [-0.05, 0) is 34.0 Å². The molecule has 0 heterocycles. The Morgan fingerprint density at radius 1 is 0.900 bits per heavy atom. The van der Waals surface area contributed by atoms with Gasteiger partial charge in [-0.3, -0.25) is 14.4 Å². The van der Waals surface area contributed by atoms with Crippen LogP contribution in [0.15, 0.2) is 66.7 Å². The molecule has 0 saturated heterocycles. The van der Waals surface area contributed by atoms with Crippen LogP contribution in [0.25, 0.3) is 10.8 Å². The zero-order chi connectivity index (χ0) is 21.5. The Hall–Kier alpha value is -3.67. The molecule has 0 fully saturated rings. The normalized spacial score (nSPS) is 10.5. The van der Waals surface area contributed by atoms with Gasteiger partial charge in [0.2, 0.25) is 11.8 Å². The van der Waals surface area contributed by atoms with Gasteiger partial charge in [-0.2, -0.15) is 0 Å². The number of rotatable bonds is 7. The van der Waals surface area contributed by atoms with Crippen molar-refractivity contribution in [3.63, 3.8) is 0 Å². The summed E-state index contributed by atoms with van der Waals surface area (Å²) in [6, 6.07) is 20.9. The average Bonchev–Trinajstić information content (AvgIpc) is 2.77. The van der Waals surface area contributed by atoms with Crippen molar-refractivity contribution in [2.45, 2.75) is 13.0 Å². The molecule has 3 rings (SSSR count). The number of hydrogen-bond acceptors (Lipinski definition) is 3. The van der Waals surface area contributed by atoms with E-state index in [1.54, 1.807) is 31.1 Å². The van der Waals surface area contributed by atoms with Crippen molar-refractivity contribution >= 4 is 28.5 Å². The second-order valence-electron chi connectivity index (χ2n) is 7.12. The van der Waals surface area contributed by atoms with E-state index >= 15 is 0 Å². The molecular weight excluding hydrogens is 378 g/mol. The molecule has 3 aromatic rings. The molecule has 0 aliphatic heterocycles. The van der Waals surface area contributed by atoms with Crippen LogP contribution in [0, 0.1) is 0 Å². The van der Waals surface area contributed by atoms with Crippen LogP contribution in [0.5, 0.6) is 0 Å². The molecule has 6 nitrogen and oxygen atoms in total. The molecule has 0 unspecified atom stereocenters. The maximum atomic E-state index is 12.4. The summed E-state index contributed by atoms with van der Waals surface area (Å²) in [5.41, 5.74) is 2.40. The van der Waals surface area contributed by atoms with Gasteiger partial charge in [-0.15, -0.1) is 0 Å². The summed E-state index contributed by atoms with van der Waals surface area (Å²) in [5, 5.41) is 7.41. The Bertz CT molecular complexity index is 1060. The van der Waals surface area contributed by atoms with E-state index < -0.39 is 0 Å². The first-order valence-electron chi connectivity index (χ1n) is 9.76. The van der Waals surface area contributed by atoms with Gasteiger partial charge < -0.3 is 15.5 Å². The number of carbonyl (C=O) groups excluding carboxylic acids is 3. The van der Waals surface area contributed by atoms with Gasteiger partial charge in [0.15, 0.2) is 0 Å². The average molecular weight is 403 g/mol. The first kappa shape index (κ1) is 21.0. The van der Waals surface area contributed by atoms with Crippen LogP contribution in [0.2, 0.25) is 0 Å². The number of nitrogens with one attached hydrogen (secondary N) is 2. The van der Waals surface area contributed by atoms with Crippen LogP contribution in [0.4, 0.5) is 0 Å². The molecule has 3 amide bonds. The Labute approximate surface area is 175 Å². The van der Waals surface area contributed by atoms with Gasteiger partial charge in [-0.25, -0.2) is 0 Å². The third-order valence-electron chi connectivity index (χ3n) is 4.96. The summed E-state index contributed by atoms with van der Waals surface area (Å²) >= 11 is 0. The Morgan fingerprint density at radius 3 is 2.33 bits per heavy atom. The third kappa shape index (κ3) is 5.23. The van der Waals surface area contributed by atoms with E-state index in [1.807, 2.05) is 54.6 Å². The van der Waals surface area contributed by atoms with Gasteiger partial charge in [0.05, 0.1) is 13.0 Å². The van der Waals surface area contributed by atoms with Gasteiger partial charge >= 0.3 is 0 Å². The van der Waals surface area contributed by atoms with E-state index in [9.17, 15) is 14.4 Å². The minimum absolute atomic E-state index is 0.0591. The molecule has 0 radical (unpaired) electrons. The van der Waals surface area contributed by atoms with Gasteiger partial charge in [0.25, 0.3) is 5.91 Å². The third-order valence-corrected chi connectivity index (χ3v) is 4.96. The molecule has 0 atom stereocenters. The maximum absolute atomic E-state index is 12.4. The second-order valence-corrected chi connectivity index (χ2v) is 7.12. The van der Waals surface area contributed by atoms with Crippen molar-refractivity contribution in [3.05, 3.63) is 83.4 Å². The molecule has 0 aliphatic carbocycles. The van der Waals surface area contributed by atoms with Crippen molar-refractivity contribution < 1.29 is 14.4 Å². The molecule has 0 aliphatic rings. The molecule has 0 saturated carbocycles. The topological polar surface area (TPSA) is 78.5 Å². The quantitative estimate of drug-likeness (QED) is 0.636. The fourth-order valence-corrected chi connectivity index (χ4v) is 3.26.